The molecule has 0 aromatic heterocycles. The summed E-state index contributed by atoms with van der Waals surface area (Å²) in [5.41, 5.74) is 0. The molecule has 0 fully saturated rings. The molecule has 0 aliphatic heterocycles. The smallest absolute Gasteiger partial charge is 0.454 e. The van der Waals surface area contributed by atoms with E-state index in [1.807, 2.05) is 0 Å². The molecule has 14 heavy (non-hydrogen) atoms. The van der Waals surface area contributed by atoms with E-state index >= 15 is 0 Å². The van der Waals surface area contributed by atoms with Gasteiger partial charge in [0.1, 0.15) is 6.54 Å². The second kappa shape index (κ2) is 5.25. The molecule has 0 atom stereocenters. The highest BCUT2D eigenvalue weighted by atomic mass is 19.4. The first-order chi connectivity index (χ1) is 6.38. The monoisotopic (exact) mass is 211 g/mol. The van der Waals surface area contributed by atoms with Crippen LogP contribution in [0.15, 0.2) is 12.3 Å². The zero-order valence-corrected chi connectivity index (χ0v) is 7.22. The van der Waals surface area contributed by atoms with Crippen LogP contribution in [-0.2, 0) is 14.3 Å². The molecule has 0 spiro atoms. The fourth-order valence-electron chi connectivity index (χ4n) is 0.444. The van der Waals surface area contributed by atoms with Crippen LogP contribution in [0.1, 0.15) is 0 Å². The highest BCUT2D eigenvalue weighted by Crippen LogP contribution is 2.15. The van der Waals surface area contributed by atoms with E-state index in [0.29, 0.717) is 6.08 Å². The molecule has 0 bridgehead atoms. The Kier molecular flexibility index (Phi) is 4.68. The first-order valence-electron chi connectivity index (χ1n) is 3.46. The molecule has 0 amide bonds. The van der Waals surface area contributed by atoms with Gasteiger partial charge in [0.25, 0.3) is 5.78 Å². The first-order valence-corrected chi connectivity index (χ1v) is 3.46. The fourth-order valence-corrected chi connectivity index (χ4v) is 0.444. The van der Waals surface area contributed by atoms with Crippen LogP contribution in [0.5, 0.6) is 0 Å². The number of carbonyl (C=O) groups is 2. The minimum atomic E-state index is -4.89. The Morgan fingerprint density at radius 3 is 2.43 bits per heavy atom. The van der Waals surface area contributed by atoms with E-state index in [2.05, 4.69) is 10.1 Å². The van der Waals surface area contributed by atoms with Crippen molar-refractivity contribution in [1.82, 2.24) is 5.32 Å². The Bertz CT molecular complexity index is 247. The molecule has 0 rings (SSSR count). The SMILES string of the molecule is COC(=O)CN/C=C/C(=O)C(F)(F)F. The maximum absolute atomic E-state index is 11.6. The first kappa shape index (κ1) is 12.5. The van der Waals surface area contributed by atoms with E-state index in [4.69, 9.17) is 0 Å². The summed E-state index contributed by atoms with van der Waals surface area (Å²) in [7, 11) is 1.13. The lowest BCUT2D eigenvalue weighted by Crippen LogP contribution is -2.22. The molecule has 0 radical (unpaired) electrons. The largest absolute Gasteiger partial charge is 0.468 e. The summed E-state index contributed by atoms with van der Waals surface area (Å²) in [5, 5.41) is 2.16. The predicted octanol–water partition coefficient (Wildman–Crippen LogP) is 0.394. The molecule has 4 nitrogen and oxygen atoms in total. The van der Waals surface area contributed by atoms with E-state index in [-0.39, 0.29) is 6.54 Å². The number of ketones is 1. The number of methoxy groups -OCH3 is 1. The number of esters is 1. The number of carbonyl (C=O) groups excluding carboxylic acids is 2. The van der Waals surface area contributed by atoms with Crippen molar-refractivity contribution >= 4 is 11.8 Å². The molecule has 1 N–H and O–H groups in total. The molecule has 0 unspecified atom stereocenters. The van der Waals surface area contributed by atoms with Crippen molar-refractivity contribution in [3.8, 4) is 0 Å². The number of halogens is 3. The van der Waals surface area contributed by atoms with Gasteiger partial charge < -0.3 is 10.1 Å². The van der Waals surface area contributed by atoms with Gasteiger partial charge in [-0.2, -0.15) is 13.2 Å². The number of ether oxygens (including phenoxy) is 1. The lowest BCUT2D eigenvalue weighted by atomic mass is 10.4. The van der Waals surface area contributed by atoms with Crippen LogP contribution in [0, 0.1) is 0 Å². The van der Waals surface area contributed by atoms with Crippen molar-refractivity contribution in [2.75, 3.05) is 13.7 Å². The van der Waals surface area contributed by atoms with Gasteiger partial charge in [-0.3, -0.25) is 9.59 Å². The molecule has 0 aliphatic carbocycles. The Morgan fingerprint density at radius 2 is 2.00 bits per heavy atom. The second-order valence-corrected chi connectivity index (χ2v) is 2.15. The summed E-state index contributed by atoms with van der Waals surface area (Å²) in [4.78, 5) is 20.6. The minimum absolute atomic E-state index is 0.294. The van der Waals surface area contributed by atoms with Gasteiger partial charge >= 0.3 is 12.1 Å². The number of allylic oxidation sites excluding steroid dienone is 1. The maximum atomic E-state index is 11.6. The van der Waals surface area contributed by atoms with Crippen LogP contribution >= 0.6 is 0 Å². The van der Waals surface area contributed by atoms with Crippen LogP contribution in [0.25, 0.3) is 0 Å². The highest BCUT2D eigenvalue weighted by molar-refractivity contribution is 5.94. The van der Waals surface area contributed by atoms with E-state index in [0.717, 1.165) is 13.3 Å². The zero-order chi connectivity index (χ0) is 11.2. The van der Waals surface area contributed by atoms with E-state index in [9.17, 15) is 22.8 Å². The second-order valence-electron chi connectivity index (χ2n) is 2.15. The summed E-state index contributed by atoms with van der Waals surface area (Å²) in [6, 6.07) is 0. The molecule has 7 heteroatoms. The average Bonchev–Trinajstić information content (AvgIpc) is 2.09. The molecule has 80 valence electrons. The highest BCUT2D eigenvalue weighted by Gasteiger charge is 2.35. The van der Waals surface area contributed by atoms with E-state index in [1.165, 1.54) is 0 Å². The number of alkyl halides is 3. The van der Waals surface area contributed by atoms with Gasteiger partial charge in [0.2, 0.25) is 0 Å². The van der Waals surface area contributed by atoms with Crippen LogP contribution in [0.4, 0.5) is 13.2 Å². The van der Waals surface area contributed by atoms with Crippen molar-refractivity contribution < 1.29 is 27.5 Å². The zero-order valence-electron chi connectivity index (χ0n) is 7.22. The normalized spacial score (nSPS) is 11.4. The molecule has 0 saturated carbocycles. The van der Waals surface area contributed by atoms with Crippen molar-refractivity contribution in [1.29, 1.82) is 0 Å². The van der Waals surface area contributed by atoms with Crippen molar-refractivity contribution in [2.45, 2.75) is 6.18 Å². The maximum Gasteiger partial charge on any atom is 0.454 e. The summed E-state index contributed by atoms with van der Waals surface area (Å²) in [6.45, 7) is -0.294. The van der Waals surface area contributed by atoms with Crippen LogP contribution in [-0.4, -0.2) is 31.6 Å². The summed E-state index contributed by atoms with van der Waals surface area (Å²) in [5.74, 6) is -2.64. The molecule has 0 aliphatic rings. The predicted molar refractivity (Wildman–Crippen MR) is 40.2 cm³/mol. The summed E-state index contributed by atoms with van der Waals surface area (Å²) < 4.78 is 38.9. The van der Waals surface area contributed by atoms with Crippen molar-refractivity contribution in [2.24, 2.45) is 0 Å². The molecular weight excluding hydrogens is 203 g/mol. The minimum Gasteiger partial charge on any atom is -0.468 e. The molecule has 0 aromatic carbocycles. The van der Waals surface area contributed by atoms with Gasteiger partial charge in [-0.1, -0.05) is 0 Å². The van der Waals surface area contributed by atoms with Crippen LogP contribution < -0.4 is 5.32 Å². The number of rotatable bonds is 4. The molecule has 0 aromatic rings. The quantitative estimate of drug-likeness (QED) is 0.540. The number of hydrogen-bond acceptors (Lipinski definition) is 4. The van der Waals surface area contributed by atoms with Crippen LogP contribution in [0.2, 0.25) is 0 Å². The van der Waals surface area contributed by atoms with E-state index in [1.54, 1.807) is 0 Å². The van der Waals surface area contributed by atoms with Crippen molar-refractivity contribution in [3.05, 3.63) is 12.3 Å². The lowest BCUT2D eigenvalue weighted by molar-refractivity contribution is -0.165. The fraction of sp³-hybridized carbons (Fsp3) is 0.429. The van der Waals surface area contributed by atoms with Gasteiger partial charge in [-0.05, 0) is 0 Å². The van der Waals surface area contributed by atoms with Crippen LogP contribution in [0.3, 0.4) is 0 Å². The Balaban J connectivity index is 3.85. The van der Waals surface area contributed by atoms with Gasteiger partial charge in [-0.15, -0.1) is 0 Å². The van der Waals surface area contributed by atoms with Gasteiger partial charge in [0.05, 0.1) is 7.11 Å². The molecule has 0 heterocycles. The third-order valence-corrected chi connectivity index (χ3v) is 1.11. The Hall–Kier alpha value is -1.53. The third-order valence-electron chi connectivity index (χ3n) is 1.11. The lowest BCUT2D eigenvalue weighted by Gasteiger charge is -2.00. The average molecular weight is 211 g/mol. The topological polar surface area (TPSA) is 55.4 Å². The number of nitrogens with one attached hydrogen (secondary N) is 1. The Morgan fingerprint density at radius 1 is 1.43 bits per heavy atom. The Labute approximate surface area is 77.7 Å². The standard InChI is InChI=1S/C7H8F3NO3/c1-14-6(13)4-11-3-2-5(12)7(8,9)10/h2-3,11H,4H2,1H3/b3-2+. The molecular formula is C7H8F3NO3. The van der Waals surface area contributed by atoms with Gasteiger partial charge in [0, 0.05) is 12.3 Å². The summed E-state index contributed by atoms with van der Waals surface area (Å²) >= 11 is 0. The third kappa shape index (κ3) is 5.18. The van der Waals surface area contributed by atoms with Gasteiger partial charge in [0.15, 0.2) is 0 Å². The summed E-state index contributed by atoms with van der Waals surface area (Å²) in [6.07, 6.45) is -3.85. The van der Waals surface area contributed by atoms with Gasteiger partial charge in [-0.25, -0.2) is 0 Å². The number of hydrogen-bond donors (Lipinski definition) is 1. The van der Waals surface area contributed by atoms with Crippen molar-refractivity contribution in [3.63, 3.8) is 0 Å². The van der Waals surface area contributed by atoms with E-state index < -0.39 is 17.9 Å². The molecule has 0 saturated heterocycles.